The average molecular weight is 795 g/mol. The Kier molecular flexibility index (Phi) is 12.5. The van der Waals surface area contributed by atoms with Gasteiger partial charge >= 0.3 is 0 Å². The number of fused-ring (bicyclic) bond motifs is 4. The average Bonchev–Trinajstić information content (AvgIpc) is 3.55. The molecule has 2 bridgehead atoms. The summed E-state index contributed by atoms with van der Waals surface area (Å²) in [5.41, 5.74) is 4.11. The Labute approximate surface area is 334 Å². The number of rotatable bonds is 16. The first-order valence-corrected chi connectivity index (χ1v) is 20.9. The van der Waals surface area contributed by atoms with Gasteiger partial charge in [-0.15, -0.1) is 0 Å². The number of amides is 1. The smallest absolute Gasteiger partial charge is 0.268 e. The summed E-state index contributed by atoms with van der Waals surface area (Å²) in [5, 5.41) is 33.1. The van der Waals surface area contributed by atoms with Gasteiger partial charge in [0.1, 0.15) is 25.2 Å². The minimum Gasteiger partial charge on any atom is -0.593 e. The molecule has 1 unspecified atom stereocenters. The van der Waals surface area contributed by atoms with E-state index in [9.17, 15) is 23.6 Å². The largest absolute Gasteiger partial charge is 0.593 e. The summed E-state index contributed by atoms with van der Waals surface area (Å²) in [5.74, 6) is 1.23. The van der Waals surface area contributed by atoms with Crippen molar-refractivity contribution in [2.24, 2.45) is 11.8 Å². The summed E-state index contributed by atoms with van der Waals surface area (Å²) >= 11 is 0. The molecule has 4 aliphatic rings. The third kappa shape index (κ3) is 10.3. The van der Waals surface area contributed by atoms with E-state index >= 15 is 0 Å². The summed E-state index contributed by atoms with van der Waals surface area (Å²) in [4.78, 5) is 14.0. The van der Waals surface area contributed by atoms with Gasteiger partial charge in [-0.1, -0.05) is 36.4 Å². The van der Waals surface area contributed by atoms with Crippen LogP contribution in [0.5, 0.6) is 11.5 Å². The Morgan fingerprint density at radius 3 is 2.37 bits per heavy atom. The van der Waals surface area contributed by atoms with Crippen LogP contribution < -0.4 is 35.1 Å². The maximum atomic E-state index is 13.7. The summed E-state index contributed by atoms with van der Waals surface area (Å²) in [7, 11) is -3.55. The fourth-order valence-electron chi connectivity index (χ4n) is 7.65. The van der Waals surface area contributed by atoms with Crippen LogP contribution in [0, 0.1) is 17.0 Å². The first-order chi connectivity index (χ1) is 27.5. The number of hydrogen-bond donors (Lipinski definition) is 5. The fraction of sp³-hybridized carbons (Fsp3) is 0.326. The molecule has 14 heteroatoms. The molecule has 1 amide bonds. The van der Waals surface area contributed by atoms with Crippen molar-refractivity contribution >= 4 is 38.7 Å². The molecule has 2 saturated heterocycles. The molecule has 57 heavy (non-hydrogen) atoms. The van der Waals surface area contributed by atoms with Crippen molar-refractivity contribution in [3.63, 3.8) is 0 Å². The van der Waals surface area contributed by atoms with Crippen LogP contribution in [0.1, 0.15) is 41.6 Å². The number of hydroxylamine groups is 2. The highest BCUT2D eigenvalue weighted by atomic mass is 32.2. The van der Waals surface area contributed by atoms with Gasteiger partial charge in [0.05, 0.1) is 22.4 Å². The van der Waals surface area contributed by atoms with E-state index in [1.54, 1.807) is 48.7 Å². The van der Waals surface area contributed by atoms with E-state index < -0.39 is 20.7 Å². The number of sulfonamides is 1. The number of hydrogen-bond acceptors (Lipinski definition) is 11. The zero-order valence-corrected chi connectivity index (χ0v) is 32.8. The van der Waals surface area contributed by atoms with Crippen molar-refractivity contribution in [2.75, 3.05) is 61.9 Å². The van der Waals surface area contributed by atoms with Gasteiger partial charge in [0.25, 0.3) is 15.9 Å². The van der Waals surface area contributed by atoms with Crippen molar-refractivity contribution in [3.05, 3.63) is 131 Å². The van der Waals surface area contributed by atoms with E-state index in [4.69, 9.17) is 9.47 Å². The second-order valence-electron chi connectivity index (χ2n) is 14.9. The molecular formula is C43H50N6O7S. The van der Waals surface area contributed by atoms with E-state index in [1.807, 2.05) is 12.1 Å². The minimum absolute atomic E-state index is 0.0208. The lowest BCUT2D eigenvalue weighted by molar-refractivity contribution is -0.00399. The molecule has 3 heterocycles. The number of benzene rings is 4. The van der Waals surface area contributed by atoms with Crippen molar-refractivity contribution in [3.8, 4) is 11.5 Å². The highest BCUT2D eigenvalue weighted by molar-refractivity contribution is 7.90. The SMILES string of the molecule is C[N+]([O-])(O)c1cc(S(=O)(=O)NC(=O)c2ccc(NCCNCc3ccccc3N3CC4CCC(CC4)C3)cc2Oc2ccccc2)ccc1NCC1=CCOC=C1. The van der Waals surface area contributed by atoms with Crippen molar-refractivity contribution in [2.45, 2.75) is 37.1 Å². The third-order valence-electron chi connectivity index (χ3n) is 10.7. The molecule has 1 aliphatic carbocycles. The highest BCUT2D eigenvalue weighted by Crippen LogP contribution is 2.37. The van der Waals surface area contributed by atoms with Crippen LogP contribution in [-0.4, -0.2) is 65.9 Å². The zero-order chi connectivity index (χ0) is 39.8. The predicted octanol–water partition coefficient (Wildman–Crippen LogP) is 7.13. The number of quaternary nitrogens is 1. The zero-order valence-electron chi connectivity index (χ0n) is 32.0. The maximum absolute atomic E-state index is 13.7. The molecule has 8 rings (SSSR count). The summed E-state index contributed by atoms with van der Waals surface area (Å²) in [6.45, 7) is 4.95. The van der Waals surface area contributed by atoms with Crippen LogP contribution in [0.3, 0.4) is 0 Å². The molecule has 1 saturated carbocycles. The molecule has 300 valence electrons. The second kappa shape index (κ2) is 17.8. The van der Waals surface area contributed by atoms with Gasteiger partial charge in [-0.3, -0.25) is 4.79 Å². The normalized spacial score (nSPS) is 18.8. The summed E-state index contributed by atoms with van der Waals surface area (Å²) < 4.78 is 40.5. The Balaban J connectivity index is 1.01. The molecule has 4 aromatic rings. The number of carbonyl (C=O) groups excluding carboxylic acids is 1. The molecular weight excluding hydrogens is 745 g/mol. The van der Waals surface area contributed by atoms with Crippen molar-refractivity contribution in [1.82, 2.24) is 14.8 Å². The second-order valence-corrected chi connectivity index (χ2v) is 16.6. The number of nitrogens with zero attached hydrogens (tertiary/aromatic N) is 2. The molecule has 0 spiro atoms. The molecule has 3 fully saturated rings. The monoisotopic (exact) mass is 794 g/mol. The molecule has 4 aromatic carbocycles. The van der Waals surface area contributed by atoms with Gasteiger partial charge in [0, 0.05) is 62.8 Å². The van der Waals surface area contributed by atoms with Gasteiger partial charge < -0.3 is 35.5 Å². The van der Waals surface area contributed by atoms with Gasteiger partial charge in [-0.05, 0) is 103 Å². The van der Waals surface area contributed by atoms with E-state index in [0.717, 1.165) is 50.2 Å². The highest BCUT2D eigenvalue weighted by Gasteiger charge is 2.30. The van der Waals surface area contributed by atoms with E-state index in [1.165, 1.54) is 55.1 Å². The summed E-state index contributed by atoms with van der Waals surface area (Å²) in [6.07, 6.45) is 10.5. The van der Waals surface area contributed by atoms with Crippen LogP contribution >= 0.6 is 0 Å². The number of para-hydroxylation sites is 2. The first kappa shape index (κ1) is 39.8. The predicted molar refractivity (Wildman–Crippen MR) is 223 cm³/mol. The Bertz CT molecular complexity index is 2190. The quantitative estimate of drug-likeness (QED) is 0.0445. The van der Waals surface area contributed by atoms with Gasteiger partial charge in [-0.2, -0.15) is 4.81 Å². The van der Waals surface area contributed by atoms with E-state index in [-0.39, 0.29) is 27.6 Å². The Morgan fingerprint density at radius 1 is 0.912 bits per heavy atom. The van der Waals surface area contributed by atoms with Crippen LogP contribution in [0.2, 0.25) is 0 Å². The lowest BCUT2D eigenvalue weighted by Crippen LogP contribution is -2.35. The van der Waals surface area contributed by atoms with Crippen LogP contribution in [0.4, 0.5) is 22.7 Å². The lowest BCUT2D eigenvalue weighted by atomic mass is 9.84. The molecule has 3 aliphatic heterocycles. The van der Waals surface area contributed by atoms with Crippen LogP contribution in [-0.2, 0) is 21.3 Å². The first-order valence-electron chi connectivity index (χ1n) is 19.4. The molecule has 0 radical (unpaired) electrons. The van der Waals surface area contributed by atoms with E-state index in [2.05, 4.69) is 49.8 Å². The Morgan fingerprint density at radius 2 is 1.65 bits per heavy atom. The van der Waals surface area contributed by atoms with Crippen LogP contribution in [0.15, 0.2) is 120 Å². The maximum Gasteiger partial charge on any atom is 0.268 e. The van der Waals surface area contributed by atoms with Gasteiger partial charge in [0.15, 0.2) is 5.69 Å². The number of ether oxygens (including phenoxy) is 2. The number of anilines is 3. The third-order valence-corrected chi connectivity index (χ3v) is 12.0. The fourth-order valence-corrected chi connectivity index (χ4v) is 8.63. The van der Waals surface area contributed by atoms with Crippen molar-refractivity contribution in [1.29, 1.82) is 0 Å². The standard InChI is InChI=1S/C43H50N6O7S/c1-49(51,52)41-26-37(16-18-39(41)46-27-31-19-23-55-24-20-31)57(53,54)47-43(50)38-17-15-35(25-42(38)56-36-8-3-2-4-9-36)45-22-21-44-28-34-7-5-6-10-40(34)48-29-32-11-12-33(30-48)14-13-32/h2-10,15-20,23,25-26,32-33,44-46,51H,11-14,21-22,24,27-30H2,1H3,(H,47,50). The Hall–Kier alpha value is -5.38. The van der Waals surface area contributed by atoms with Crippen LogP contribution in [0.25, 0.3) is 0 Å². The summed E-state index contributed by atoms with van der Waals surface area (Å²) in [6, 6.07) is 26.1. The number of carbonyl (C=O) groups is 1. The van der Waals surface area contributed by atoms with Crippen molar-refractivity contribution < 1.29 is 27.9 Å². The number of nitrogens with one attached hydrogen (secondary N) is 4. The topological polar surface area (TPSA) is 164 Å². The molecule has 0 aromatic heterocycles. The lowest BCUT2D eigenvalue weighted by Gasteiger charge is -2.30. The minimum atomic E-state index is -4.51. The molecule has 5 N–H and O–H groups in total. The van der Waals surface area contributed by atoms with Gasteiger partial charge in [0.2, 0.25) is 0 Å². The van der Waals surface area contributed by atoms with Gasteiger partial charge in [-0.25, -0.2) is 18.3 Å². The molecule has 1 atom stereocenters. The van der Waals surface area contributed by atoms with E-state index in [0.29, 0.717) is 37.7 Å². The molecule has 13 nitrogen and oxygen atoms in total.